The van der Waals surface area contributed by atoms with Crippen molar-refractivity contribution < 1.29 is 9.53 Å². The van der Waals surface area contributed by atoms with Gasteiger partial charge in [-0.05, 0) is 19.3 Å². The van der Waals surface area contributed by atoms with E-state index in [-0.39, 0.29) is 12.0 Å². The number of ether oxygens (including phenoxy) is 1. The quantitative estimate of drug-likeness (QED) is 0.600. The molecule has 0 aromatic heterocycles. The van der Waals surface area contributed by atoms with Gasteiger partial charge in [-0.15, -0.1) is 0 Å². The molecular weight excluding hydrogens is 154 g/mol. The van der Waals surface area contributed by atoms with Crippen LogP contribution in [0.4, 0.5) is 0 Å². The molecule has 0 bridgehead atoms. The lowest BCUT2D eigenvalue weighted by molar-refractivity contribution is -0.137. The van der Waals surface area contributed by atoms with Gasteiger partial charge >= 0.3 is 0 Å². The van der Waals surface area contributed by atoms with Crippen molar-refractivity contribution in [3.63, 3.8) is 0 Å². The van der Waals surface area contributed by atoms with Gasteiger partial charge in [-0.25, -0.2) is 0 Å². The summed E-state index contributed by atoms with van der Waals surface area (Å²) in [7, 11) is 0. The molecule has 0 aliphatic heterocycles. The van der Waals surface area contributed by atoms with E-state index in [1.165, 1.54) is 0 Å². The third kappa shape index (κ3) is 2.23. The fourth-order valence-electron chi connectivity index (χ4n) is 1.77. The molecule has 66 valence electrons. The predicted molar refractivity (Wildman–Crippen MR) is 43.1 cm³/mol. The second-order valence-electron chi connectivity index (χ2n) is 3.18. The van der Waals surface area contributed by atoms with Gasteiger partial charge in [-0.2, -0.15) is 5.26 Å². The molecule has 0 aromatic carbocycles. The summed E-state index contributed by atoms with van der Waals surface area (Å²) < 4.78 is 4.92. The van der Waals surface area contributed by atoms with Gasteiger partial charge in [-0.1, -0.05) is 6.42 Å². The Kier molecular flexibility index (Phi) is 3.59. The molecule has 0 spiro atoms. The lowest BCUT2D eigenvalue weighted by atomic mass is 9.85. The second-order valence-corrected chi connectivity index (χ2v) is 3.18. The molecule has 2 unspecified atom stereocenters. The van der Waals surface area contributed by atoms with Crippen LogP contribution in [-0.2, 0) is 9.53 Å². The molecule has 1 aliphatic rings. The summed E-state index contributed by atoms with van der Waals surface area (Å²) in [6.07, 6.45) is 4.72. The molecule has 0 heterocycles. The van der Waals surface area contributed by atoms with Crippen LogP contribution in [0.25, 0.3) is 0 Å². The molecule has 0 radical (unpaired) electrons. The summed E-state index contributed by atoms with van der Waals surface area (Å²) in [5.41, 5.74) is 0. The van der Waals surface area contributed by atoms with Gasteiger partial charge in [0.15, 0.2) is 0 Å². The van der Waals surface area contributed by atoms with Crippen molar-refractivity contribution in [1.82, 2.24) is 0 Å². The number of hydrogen-bond donors (Lipinski definition) is 0. The molecule has 12 heavy (non-hydrogen) atoms. The Hall–Kier alpha value is -1.04. The SMILES string of the molecule is N#CCC1CCCCC1OC=O. The highest BCUT2D eigenvalue weighted by Crippen LogP contribution is 2.28. The zero-order chi connectivity index (χ0) is 8.81. The third-order valence-electron chi connectivity index (χ3n) is 2.42. The van der Waals surface area contributed by atoms with Gasteiger partial charge in [0.1, 0.15) is 6.10 Å². The molecule has 3 nitrogen and oxygen atoms in total. The van der Waals surface area contributed by atoms with Crippen LogP contribution in [0, 0.1) is 17.2 Å². The topological polar surface area (TPSA) is 50.1 Å². The van der Waals surface area contributed by atoms with E-state index in [0.29, 0.717) is 12.9 Å². The van der Waals surface area contributed by atoms with E-state index in [9.17, 15) is 4.79 Å². The monoisotopic (exact) mass is 167 g/mol. The molecule has 0 N–H and O–H groups in total. The molecule has 1 aliphatic carbocycles. The summed E-state index contributed by atoms with van der Waals surface area (Å²) in [4.78, 5) is 10.1. The number of carbonyl (C=O) groups is 1. The van der Waals surface area contributed by atoms with Crippen LogP contribution in [0.1, 0.15) is 32.1 Å². The summed E-state index contributed by atoms with van der Waals surface area (Å²) in [5, 5.41) is 8.51. The lowest BCUT2D eigenvalue weighted by Gasteiger charge is -2.27. The fourth-order valence-corrected chi connectivity index (χ4v) is 1.77. The average Bonchev–Trinajstić information content (AvgIpc) is 2.09. The third-order valence-corrected chi connectivity index (χ3v) is 2.42. The van der Waals surface area contributed by atoms with E-state index in [4.69, 9.17) is 10.00 Å². The highest BCUT2D eigenvalue weighted by atomic mass is 16.5. The van der Waals surface area contributed by atoms with Crippen LogP contribution in [-0.4, -0.2) is 12.6 Å². The minimum atomic E-state index is -0.00380. The minimum absolute atomic E-state index is 0.00380. The normalized spacial score (nSPS) is 28.9. The van der Waals surface area contributed by atoms with E-state index in [0.717, 1.165) is 25.7 Å². The maximum Gasteiger partial charge on any atom is 0.293 e. The van der Waals surface area contributed by atoms with Crippen molar-refractivity contribution in [3.8, 4) is 6.07 Å². The molecule has 2 atom stereocenters. The Morgan fingerprint density at radius 2 is 2.25 bits per heavy atom. The van der Waals surface area contributed by atoms with Gasteiger partial charge in [0.25, 0.3) is 6.47 Å². The van der Waals surface area contributed by atoms with Crippen LogP contribution in [0.15, 0.2) is 0 Å². The van der Waals surface area contributed by atoms with Crippen LogP contribution in [0.3, 0.4) is 0 Å². The van der Waals surface area contributed by atoms with Crippen molar-refractivity contribution in [2.24, 2.45) is 5.92 Å². The number of hydrogen-bond acceptors (Lipinski definition) is 3. The van der Waals surface area contributed by atoms with E-state index >= 15 is 0 Å². The van der Waals surface area contributed by atoms with Crippen LogP contribution < -0.4 is 0 Å². The molecule has 3 heteroatoms. The zero-order valence-electron chi connectivity index (χ0n) is 7.03. The first kappa shape index (κ1) is 9.05. The van der Waals surface area contributed by atoms with Crippen molar-refractivity contribution in [2.45, 2.75) is 38.2 Å². The van der Waals surface area contributed by atoms with Gasteiger partial charge in [0.2, 0.25) is 0 Å². The predicted octanol–water partition coefficient (Wildman–Crippen LogP) is 1.63. The standard InChI is InChI=1S/C9H13NO2/c10-6-5-8-3-1-2-4-9(8)12-7-11/h7-9H,1-5H2. The lowest BCUT2D eigenvalue weighted by Crippen LogP contribution is -2.27. The van der Waals surface area contributed by atoms with Gasteiger partial charge in [-0.3, -0.25) is 4.79 Å². The van der Waals surface area contributed by atoms with Crippen LogP contribution in [0.5, 0.6) is 0 Å². The smallest absolute Gasteiger partial charge is 0.293 e. The Bertz CT molecular complexity index is 185. The Morgan fingerprint density at radius 1 is 1.50 bits per heavy atom. The zero-order valence-corrected chi connectivity index (χ0v) is 7.03. The molecule has 0 aromatic rings. The maximum absolute atomic E-state index is 10.1. The van der Waals surface area contributed by atoms with E-state index in [1.807, 2.05) is 0 Å². The number of nitrogens with zero attached hydrogens (tertiary/aromatic N) is 1. The molecule has 0 amide bonds. The van der Waals surface area contributed by atoms with Gasteiger partial charge in [0.05, 0.1) is 6.07 Å². The molecule has 1 saturated carbocycles. The number of nitriles is 1. The van der Waals surface area contributed by atoms with Crippen LogP contribution in [0.2, 0.25) is 0 Å². The highest BCUT2D eigenvalue weighted by Gasteiger charge is 2.25. The van der Waals surface area contributed by atoms with Crippen molar-refractivity contribution in [1.29, 1.82) is 5.26 Å². The highest BCUT2D eigenvalue weighted by molar-refractivity contribution is 5.37. The Labute approximate surface area is 72.3 Å². The molecule has 0 saturated heterocycles. The Balaban J connectivity index is 2.43. The molecule has 1 fully saturated rings. The van der Waals surface area contributed by atoms with E-state index in [2.05, 4.69) is 6.07 Å². The van der Waals surface area contributed by atoms with Crippen molar-refractivity contribution in [2.75, 3.05) is 0 Å². The second kappa shape index (κ2) is 4.76. The summed E-state index contributed by atoms with van der Waals surface area (Å²) in [6.45, 7) is 0.500. The van der Waals surface area contributed by atoms with Crippen molar-refractivity contribution >= 4 is 6.47 Å². The summed E-state index contributed by atoms with van der Waals surface area (Å²) in [6, 6.07) is 2.13. The first-order valence-corrected chi connectivity index (χ1v) is 4.34. The minimum Gasteiger partial charge on any atom is -0.464 e. The van der Waals surface area contributed by atoms with Gasteiger partial charge in [0, 0.05) is 12.3 Å². The molecular formula is C9H13NO2. The summed E-state index contributed by atoms with van der Waals surface area (Å²) in [5.74, 6) is 0.272. The maximum atomic E-state index is 10.1. The molecule has 1 rings (SSSR count). The van der Waals surface area contributed by atoms with Gasteiger partial charge < -0.3 is 4.74 Å². The number of carbonyl (C=O) groups excluding carboxylic acids is 1. The van der Waals surface area contributed by atoms with E-state index < -0.39 is 0 Å². The Morgan fingerprint density at radius 3 is 2.92 bits per heavy atom. The largest absolute Gasteiger partial charge is 0.464 e. The summed E-state index contributed by atoms with van der Waals surface area (Å²) >= 11 is 0. The van der Waals surface area contributed by atoms with E-state index in [1.54, 1.807) is 0 Å². The fraction of sp³-hybridized carbons (Fsp3) is 0.778. The van der Waals surface area contributed by atoms with Crippen LogP contribution >= 0.6 is 0 Å². The van der Waals surface area contributed by atoms with Crippen molar-refractivity contribution in [3.05, 3.63) is 0 Å². The first-order chi connectivity index (χ1) is 5.88. The average molecular weight is 167 g/mol. The number of rotatable bonds is 3. The first-order valence-electron chi connectivity index (χ1n) is 4.34.